The molecule has 7 heteroatoms. The monoisotopic (exact) mass is 472 g/mol. The third-order valence-corrected chi connectivity index (χ3v) is 7.45. The van der Waals surface area contributed by atoms with E-state index < -0.39 is 36.4 Å². The van der Waals surface area contributed by atoms with Crippen LogP contribution in [0.4, 0.5) is 5.69 Å². The van der Waals surface area contributed by atoms with Crippen LogP contribution in [0.1, 0.15) is 23.1 Å². The zero-order chi connectivity index (χ0) is 24.7. The fourth-order valence-corrected chi connectivity index (χ4v) is 5.77. The first-order valence-electron chi connectivity index (χ1n) is 12.0. The van der Waals surface area contributed by atoms with Crippen molar-refractivity contribution < 1.29 is 23.9 Å². The molecule has 3 aliphatic rings. The molecule has 1 aliphatic heterocycles. The highest BCUT2D eigenvalue weighted by Crippen LogP contribution is 2.53. The minimum atomic E-state index is -1.12. The lowest BCUT2D eigenvalue weighted by molar-refractivity contribution is -0.160. The number of aryl methyl sites for hydroxylation is 2. The van der Waals surface area contributed by atoms with Crippen LogP contribution >= 0.6 is 0 Å². The van der Waals surface area contributed by atoms with Crippen LogP contribution in [-0.4, -0.2) is 41.2 Å². The number of benzene rings is 2. The summed E-state index contributed by atoms with van der Waals surface area (Å²) in [5, 5.41) is 2.79. The predicted molar refractivity (Wildman–Crippen MR) is 129 cm³/mol. The van der Waals surface area contributed by atoms with E-state index >= 15 is 0 Å². The summed E-state index contributed by atoms with van der Waals surface area (Å²) < 4.78 is 5.38. The van der Waals surface area contributed by atoms with E-state index in [-0.39, 0.29) is 30.1 Å². The largest absolute Gasteiger partial charge is 0.454 e. The number of imide groups is 1. The molecule has 0 unspecified atom stereocenters. The summed E-state index contributed by atoms with van der Waals surface area (Å²) in [7, 11) is 0. The Labute approximate surface area is 204 Å². The van der Waals surface area contributed by atoms with Crippen molar-refractivity contribution >= 4 is 29.4 Å². The molecule has 0 spiro atoms. The van der Waals surface area contributed by atoms with Gasteiger partial charge in [-0.3, -0.25) is 19.3 Å². The normalized spacial score (nSPS) is 25.0. The highest BCUT2D eigenvalue weighted by molar-refractivity contribution is 6.09. The summed E-state index contributed by atoms with van der Waals surface area (Å²) in [6, 6.07) is 13.8. The number of fused-ring (bicyclic) bond motifs is 5. The number of allylic oxidation sites excluding steroid dienone is 2. The van der Waals surface area contributed by atoms with E-state index in [1.165, 1.54) is 0 Å². The number of nitrogens with one attached hydrogen (secondary N) is 1. The lowest BCUT2D eigenvalue weighted by Crippen LogP contribution is -2.48. The molecule has 2 fully saturated rings. The van der Waals surface area contributed by atoms with Gasteiger partial charge in [-0.25, -0.2) is 4.79 Å². The quantitative estimate of drug-likeness (QED) is 0.380. The Kier molecular flexibility index (Phi) is 6.01. The number of carbonyl (C=O) groups is 4. The number of amides is 3. The molecular weight excluding hydrogens is 444 g/mol. The highest BCUT2D eigenvalue weighted by atomic mass is 16.5. The van der Waals surface area contributed by atoms with Crippen molar-refractivity contribution in [1.82, 2.24) is 4.90 Å². The Bertz CT molecular complexity index is 1170. The third-order valence-electron chi connectivity index (χ3n) is 7.45. The van der Waals surface area contributed by atoms with Crippen LogP contribution in [0.3, 0.4) is 0 Å². The van der Waals surface area contributed by atoms with Crippen LogP contribution in [0.5, 0.6) is 0 Å². The Morgan fingerprint density at radius 1 is 0.943 bits per heavy atom. The lowest BCUT2D eigenvalue weighted by Gasteiger charge is -2.26. The number of hydrogen-bond donors (Lipinski definition) is 1. The van der Waals surface area contributed by atoms with E-state index in [9.17, 15) is 19.2 Å². The molecule has 1 saturated carbocycles. The molecule has 5 atom stereocenters. The molecule has 7 nitrogen and oxygen atoms in total. The van der Waals surface area contributed by atoms with Crippen molar-refractivity contribution in [3.63, 3.8) is 0 Å². The average Bonchev–Trinajstić information content (AvgIpc) is 3.53. The zero-order valence-corrected chi connectivity index (χ0v) is 19.8. The number of anilines is 1. The molecule has 0 radical (unpaired) electrons. The number of carbonyl (C=O) groups excluding carboxylic acids is 4. The first-order valence-corrected chi connectivity index (χ1v) is 12.0. The lowest BCUT2D eigenvalue weighted by atomic mass is 9.85. The summed E-state index contributed by atoms with van der Waals surface area (Å²) >= 11 is 0. The molecule has 2 aliphatic carbocycles. The van der Waals surface area contributed by atoms with Gasteiger partial charge >= 0.3 is 5.97 Å². The number of ether oxygens (including phenoxy) is 1. The number of rotatable bonds is 7. The predicted octanol–water partition coefficient (Wildman–Crippen LogP) is 3.20. The molecule has 1 saturated heterocycles. The number of hydrogen-bond acceptors (Lipinski definition) is 5. The molecular formula is C28H28N2O5. The number of para-hydroxylation sites is 1. The molecule has 0 aromatic heterocycles. The first-order chi connectivity index (χ1) is 16.8. The maximum atomic E-state index is 13.4. The van der Waals surface area contributed by atoms with Crippen molar-refractivity contribution in [2.45, 2.75) is 32.7 Å². The van der Waals surface area contributed by atoms with Crippen molar-refractivity contribution in [2.24, 2.45) is 23.7 Å². The zero-order valence-electron chi connectivity index (χ0n) is 19.8. The van der Waals surface area contributed by atoms with Crippen molar-refractivity contribution in [2.75, 3.05) is 11.9 Å². The van der Waals surface area contributed by atoms with Crippen LogP contribution < -0.4 is 5.32 Å². The molecule has 1 N–H and O–H groups in total. The van der Waals surface area contributed by atoms with E-state index in [0.717, 1.165) is 28.0 Å². The molecule has 1 heterocycles. The van der Waals surface area contributed by atoms with Gasteiger partial charge in [0.25, 0.3) is 5.91 Å². The number of nitrogens with zero attached hydrogens (tertiary/aromatic N) is 1. The minimum Gasteiger partial charge on any atom is -0.454 e. The van der Waals surface area contributed by atoms with Crippen LogP contribution in [0.15, 0.2) is 60.7 Å². The fraction of sp³-hybridized carbons (Fsp3) is 0.357. The fourth-order valence-electron chi connectivity index (χ4n) is 5.77. The summed E-state index contributed by atoms with van der Waals surface area (Å²) in [4.78, 5) is 53.6. The Morgan fingerprint density at radius 3 is 2.14 bits per heavy atom. The summed E-state index contributed by atoms with van der Waals surface area (Å²) in [6.45, 7) is 3.26. The second-order valence-electron chi connectivity index (χ2n) is 9.67. The van der Waals surface area contributed by atoms with Gasteiger partial charge in [0.05, 0.1) is 11.8 Å². The van der Waals surface area contributed by atoms with Crippen LogP contribution in [0.2, 0.25) is 0 Å². The Balaban J connectivity index is 1.33. The Morgan fingerprint density at radius 2 is 1.54 bits per heavy atom. The highest BCUT2D eigenvalue weighted by Gasteiger charge is 2.61. The van der Waals surface area contributed by atoms with Gasteiger partial charge in [-0.05, 0) is 48.8 Å². The average molecular weight is 473 g/mol. The topological polar surface area (TPSA) is 92.8 Å². The van der Waals surface area contributed by atoms with Gasteiger partial charge in [0, 0.05) is 12.1 Å². The summed E-state index contributed by atoms with van der Waals surface area (Å²) in [6.07, 6.45) is 4.98. The maximum absolute atomic E-state index is 13.4. The van der Waals surface area contributed by atoms with E-state index in [1.54, 1.807) is 0 Å². The second kappa shape index (κ2) is 9.13. The third kappa shape index (κ3) is 4.16. The van der Waals surface area contributed by atoms with E-state index in [0.29, 0.717) is 5.69 Å². The molecule has 180 valence electrons. The van der Waals surface area contributed by atoms with Gasteiger partial charge in [-0.1, -0.05) is 60.7 Å². The van der Waals surface area contributed by atoms with Gasteiger partial charge in [-0.15, -0.1) is 0 Å². The summed E-state index contributed by atoms with van der Waals surface area (Å²) in [5.41, 5.74) is 3.27. The van der Waals surface area contributed by atoms with Gasteiger partial charge in [0.2, 0.25) is 11.8 Å². The van der Waals surface area contributed by atoms with Gasteiger partial charge in [-0.2, -0.15) is 0 Å². The molecule has 5 rings (SSSR count). The summed E-state index contributed by atoms with van der Waals surface area (Å²) in [5.74, 6) is -2.58. The molecule has 2 aromatic carbocycles. The SMILES string of the molecule is Cc1cccc(C)c1NC(=O)COC(=O)[C@H](Cc1ccccc1)N1C(=O)[C@@H]2[C@@H](C1=O)[C@H]1C=C[C@H]2C1. The first kappa shape index (κ1) is 23.0. The van der Waals surface area contributed by atoms with Crippen LogP contribution in [0.25, 0.3) is 0 Å². The van der Waals surface area contributed by atoms with Crippen molar-refractivity contribution in [3.05, 3.63) is 77.4 Å². The van der Waals surface area contributed by atoms with Crippen LogP contribution in [0, 0.1) is 37.5 Å². The second-order valence-corrected chi connectivity index (χ2v) is 9.67. The van der Waals surface area contributed by atoms with E-state index in [1.807, 2.05) is 74.5 Å². The number of likely N-dealkylation sites (tertiary alicyclic amines) is 1. The van der Waals surface area contributed by atoms with Gasteiger partial charge in [0.15, 0.2) is 6.61 Å². The van der Waals surface area contributed by atoms with Crippen LogP contribution in [-0.2, 0) is 30.3 Å². The van der Waals surface area contributed by atoms with Crippen molar-refractivity contribution in [1.29, 1.82) is 0 Å². The molecule has 2 bridgehead atoms. The Hall–Kier alpha value is -3.74. The standard InChI is InChI=1S/C28H28N2O5/c1-16-7-6-8-17(2)25(16)29-22(31)15-35-28(34)21(13-18-9-4-3-5-10-18)30-26(32)23-19-11-12-20(14-19)24(23)27(30)33/h3-12,19-21,23-24H,13-15H2,1-2H3,(H,29,31)/t19-,20-,21-,23-,24-/m0/s1. The van der Waals surface area contributed by atoms with Gasteiger partial charge < -0.3 is 10.1 Å². The number of esters is 1. The van der Waals surface area contributed by atoms with Gasteiger partial charge in [0.1, 0.15) is 6.04 Å². The molecule has 3 amide bonds. The van der Waals surface area contributed by atoms with E-state index in [2.05, 4.69) is 5.32 Å². The maximum Gasteiger partial charge on any atom is 0.330 e. The van der Waals surface area contributed by atoms with Crippen molar-refractivity contribution in [3.8, 4) is 0 Å². The minimum absolute atomic E-state index is 0.0444. The molecule has 35 heavy (non-hydrogen) atoms. The molecule has 2 aromatic rings. The smallest absolute Gasteiger partial charge is 0.330 e. The van der Waals surface area contributed by atoms with E-state index in [4.69, 9.17) is 4.74 Å².